The van der Waals surface area contributed by atoms with Gasteiger partial charge < -0.3 is 9.73 Å². The molecule has 8 nitrogen and oxygen atoms in total. The molecule has 2 aromatic carbocycles. The summed E-state index contributed by atoms with van der Waals surface area (Å²) in [4.78, 5) is 17.1. The van der Waals surface area contributed by atoms with Crippen molar-refractivity contribution in [3.63, 3.8) is 0 Å². The van der Waals surface area contributed by atoms with Gasteiger partial charge in [0, 0.05) is 13.0 Å². The van der Waals surface area contributed by atoms with Gasteiger partial charge in [0.15, 0.2) is 17.5 Å². The average molecular weight is 348 g/mol. The van der Waals surface area contributed by atoms with Crippen LogP contribution in [0.2, 0.25) is 0 Å². The van der Waals surface area contributed by atoms with Crippen molar-refractivity contribution in [2.75, 3.05) is 6.54 Å². The number of oxazole rings is 1. The zero-order valence-electron chi connectivity index (χ0n) is 13.8. The second-order valence-electron chi connectivity index (χ2n) is 5.72. The molecule has 0 saturated heterocycles. The van der Waals surface area contributed by atoms with E-state index in [1.807, 2.05) is 54.6 Å². The van der Waals surface area contributed by atoms with Crippen molar-refractivity contribution in [1.82, 2.24) is 30.5 Å². The van der Waals surface area contributed by atoms with Gasteiger partial charge in [0.1, 0.15) is 11.8 Å². The molecule has 4 rings (SSSR count). The lowest BCUT2D eigenvalue weighted by atomic mass is 10.1. The highest BCUT2D eigenvalue weighted by Crippen LogP contribution is 2.17. The van der Waals surface area contributed by atoms with Crippen LogP contribution >= 0.6 is 0 Å². The van der Waals surface area contributed by atoms with E-state index in [0.29, 0.717) is 18.9 Å². The van der Waals surface area contributed by atoms with Gasteiger partial charge in [0.2, 0.25) is 5.91 Å². The highest BCUT2D eigenvalue weighted by atomic mass is 16.3. The Bertz CT molecular complexity index is 964. The number of hydrogen-bond donors (Lipinski definition) is 1. The van der Waals surface area contributed by atoms with Crippen LogP contribution in [0.25, 0.3) is 11.1 Å². The maximum absolute atomic E-state index is 12.7. The predicted octanol–water partition coefficient (Wildman–Crippen LogP) is 1.76. The van der Waals surface area contributed by atoms with Crippen LogP contribution < -0.4 is 5.32 Å². The molecule has 2 heterocycles. The first-order chi connectivity index (χ1) is 12.8. The van der Waals surface area contributed by atoms with Crippen LogP contribution in [0, 0.1) is 0 Å². The standard InChI is InChI=1S/C18H16N6O2/c25-18(17(24-12-20-22-23-24)13-6-2-1-3-7-13)19-11-10-16-21-14-8-4-5-9-15(14)26-16/h1-9,12,17H,10-11H2,(H,19,25)/t17-/m1/s1. The number of rotatable bonds is 6. The van der Waals surface area contributed by atoms with Crippen LogP contribution in [-0.2, 0) is 11.2 Å². The van der Waals surface area contributed by atoms with E-state index >= 15 is 0 Å². The Morgan fingerprint density at radius 3 is 2.69 bits per heavy atom. The third-order valence-corrected chi connectivity index (χ3v) is 3.97. The molecule has 0 aliphatic rings. The molecule has 0 bridgehead atoms. The minimum absolute atomic E-state index is 0.195. The largest absolute Gasteiger partial charge is 0.441 e. The topological polar surface area (TPSA) is 98.7 Å². The van der Waals surface area contributed by atoms with E-state index in [4.69, 9.17) is 4.42 Å². The molecule has 0 radical (unpaired) electrons. The number of benzene rings is 2. The maximum atomic E-state index is 12.7. The molecule has 2 aromatic heterocycles. The quantitative estimate of drug-likeness (QED) is 0.570. The minimum Gasteiger partial charge on any atom is -0.441 e. The summed E-state index contributed by atoms with van der Waals surface area (Å²) < 4.78 is 7.10. The second kappa shape index (κ2) is 7.14. The molecule has 1 amide bonds. The number of nitrogens with zero attached hydrogens (tertiary/aromatic N) is 5. The molecule has 0 saturated carbocycles. The summed E-state index contributed by atoms with van der Waals surface area (Å²) in [5.41, 5.74) is 2.36. The van der Waals surface area contributed by atoms with Crippen molar-refractivity contribution in [3.05, 3.63) is 72.4 Å². The van der Waals surface area contributed by atoms with Gasteiger partial charge in [-0.05, 0) is 28.1 Å². The molecule has 4 aromatic rings. The van der Waals surface area contributed by atoms with Crippen molar-refractivity contribution < 1.29 is 9.21 Å². The van der Waals surface area contributed by atoms with E-state index in [9.17, 15) is 4.79 Å². The van der Waals surface area contributed by atoms with Gasteiger partial charge in [-0.25, -0.2) is 9.67 Å². The molecule has 130 valence electrons. The van der Waals surface area contributed by atoms with E-state index < -0.39 is 6.04 Å². The van der Waals surface area contributed by atoms with E-state index in [-0.39, 0.29) is 5.91 Å². The number of hydrogen-bond acceptors (Lipinski definition) is 6. The van der Waals surface area contributed by atoms with Crippen LogP contribution in [0.3, 0.4) is 0 Å². The van der Waals surface area contributed by atoms with Gasteiger partial charge in [0.25, 0.3) is 0 Å². The lowest BCUT2D eigenvalue weighted by Gasteiger charge is -2.16. The highest BCUT2D eigenvalue weighted by Gasteiger charge is 2.23. The number of carbonyl (C=O) groups is 1. The molecule has 0 spiro atoms. The van der Waals surface area contributed by atoms with E-state index in [2.05, 4.69) is 25.8 Å². The Hall–Kier alpha value is -3.55. The van der Waals surface area contributed by atoms with Gasteiger partial charge in [-0.15, -0.1) is 5.10 Å². The summed E-state index contributed by atoms with van der Waals surface area (Å²) in [6, 6.07) is 16.3. The highest BCUT2D eigenvalue weighted by molar-refractivity contribution is 5.83. The van der Waals surface area contributed by atoms with E-state index in [1.54, 1.807) is 0 Å². The fourth-order valence-corrected chi connectivity index (χ4v) is 2.76. The minimum atomic E-state index is -0.630. The molecule has 26 heavy (non-hydrogen) atoms. The second-order valence-corrected chi connectivity index (χ2v) is 5.72. The summed E-state index contributed by atoms with van der Waals surface area (Å²) in [5, 5.41) is 14.0. The van der Waals surface area contributed by atoms with Gasteiger partial charge >= 0.3 is 0 Å². The van der Waals surface area contributed by atoms with Crippen molar-refractivity contribution in [1.29, 1.82) is 0 Å². The van der Waals surface area contributed by atoms with Gasteiger partial charge in [-0.2, -0.15) is 0 Å². The molecule has 0 unspecified atom stereocenters. The summed E-state index contributed by atoms with van der Waals surface area (Å²) in [6.07, 6.45) is 1.93. The number of fused-ring (bicyclic) bond motifs is 1. The number of tetrazole rings is 1. The van der Waals surface area contributed by atoms with Gasteiger partial charge in [-0.1, -0.05) is 42.5 Å². The first-order valence-electron chi connectivity index (χ1n) is 8.21. The van der Waals surface area contributed by atoms with E-state index in [1.165, 1.54) is 11.0 Å². The van der Waals surface area contributed by atoms with Crippen molar-refractivity contribution in [3.8, 4) is 0 Å². The Morgan fingerprint density at radius 1 is 1.12 bits per heavy atom. The van der Waals surface area contributed by atoms with Crippen LogP contribution in [0.15, 0.2) is 65.3 Å². The SMILES string of the molecule is O=C(NCCc1nc2ccccc2o1)[C@@H](c1ccccc1)n1cnnn1. The third-order valence-electron chi connectivity index (χ3n) is 3.97. The first kappa shape index (κ1) is 15.9. The number of carbonyl (C=O) groups excluding carboxylic acids is 1. The molecule has 0 fully saturated rings. The molecular formula is C18H16N6O2. The number of aromatic nitrogens is 5. The fourth-order valence-electron chi connectivity index (χ4n) is 2.76. The fraction of sp³-hybridized carbons (Fsp3) is 0.167. The summed E-state index contributed by atoms with van der Waals surface area (Å²) >= 11 is 0. The zero-order valence-corrected chi connectivity index (χ0v) is 13.8. The Labute approximate surface area is 148 Å². The zero-order chi connectivity index (χ0) is 17.8. The van der Waals surface area contributed by atoms with E-state index in [0.717, 1.165) is 16.7 Å². The molecule has 0 aliphatic heterocycles. The molecule has 8 heteroatoms. The number of para-hydroxylation sites is 2. The Kier molecular flexibility index (Phi) is 4.38. The lowest BCUT2D eigenvalue weighted by molar-refractivity contribution is -0.123. The number of amides is 1. The molecule has 0 aliphatic carbocycles. The maximum Gasteiger partial charge on any atom is 0.249 e. The third kappa shape index (κ3) is 3.30. The monoisotopic (exact) mass is 348 g/mol. The Balaban J connectivity index is 1.45. The van der Waals surface area contributed by atoms with Crippen LogP contribution in [0.1, 0.15) is 17.5 Å². The smallest absolute Gasteiger partial charge is 0.249 e. The first-order valence-corrected chi connectivity index (χ1v) is 8.21. The molecule has 1 N–H and O–H groups in total. The summed E-state index contributed by atoms with van der Waals surface area (Å²) in [7, 11) is 0. The van der Waals surface area contributed by atoms with Crippen molar-refractivity contribution >= 4 is 17.0 Å². The van der Waals surface area contributed by atoms with Crippen molar-refractivity contribution in [2.45, 2.75) is 12.5 Å². The number of nitrogens with one attached hydrogen (secondary N) is 1. The normalized spacial score (nSPS) is 12.2. The van der Waals surface area contributed by atoms with Crippen LogP contribution in [0.4, 0.5) is 0 Å². The molecule has 1 atom stereocenters. The summed E-state index contributed by atoms with van der Waals surface area (Å²) in [5.74, 6) is 0.393. The lowest BCUT2D eigenvalue weighted by Crippen LogP contribution is -2.34. The van der Waals surface area contributed by atoms with Crippen LogP contribution in [0.5, 0.6) is 0 Å². The van der Waals surface area contributed by atoms with Crippen molar-refractivity contribution in [2.24, 2.45) is 0 Å². The van der Waals surface area contributed by atoms with Gasteiger partial charge in [0.05, 0.1) is 0 Å². The van der Waals surface area contributed by atoms with Gasteiger partial charge in [-0.3, -0.25) is 4.79 Å². The molecular weight excluding hydrogens is 332 g/mol. The summed E-state index contributed by atoms with van der Waals surface area (Å²) in [6.45, 7) is 0.400. The van der Waals surface area contributed by atoms with Crippen LogP contribution in [-0.4, -0.2) is 37.6 Å². The average Bonchev–Trinajstić information content (AvgIpc) is 3.32. The Morgan fingerprint density at radius 2 is 1.92 bits per heavy atom. The predicted molar refractivity (Wildman–Crippen MR) is 93.1 cm³/mol.